The highest BCUT2D eigenvalue weighted by Gasteiger charge is 2.26. The molecule has 1 heterocycles. The molecule has 0 saturated heterocycles. The van der Waals surface area contributed by atoms with Crippen molar-refractivity contribution in [1.29, 1.82) is 0 Å². The number of nitrogens with two attached hydrogens (primary N) is 1. The van der Waals surface area contributed by atoms with Gasteiger partial charge in [-0.05, 0) is 0 Å². The average Bonchev–Trinajstić information content (AvgIpc) is 2.16. The van der Waals surface area contributed by atoms with Gasteiger partial charge >= 0.3 is 0 Å². The number of methoxy groups -OCH3 is 1. The number of hydrogen-bond donors (Lipinski definition) is 1. The minimum Gasteiger partial charge on any atom is -0.480 e. The van der Waals surface area contributed by atoms with Crippen molar-refractivity contribution < 1.29 is 18.4 Å². The minimum absolute atomic E-state index is 0.159. The summed E-state index contributed by atoms with van der Waals surface area (Å²) in [7, 11) is 1.18. The van der Waals surface area contributed by atoms with Crippen LogP contribution in [-0.4, -0.2) is 17.0 Å². The first-order valence-electron chi connectivity index (χ1n) is 3.74. The predicted octanol–water partition coefficient (Wildman–Crippen LogP) is 1.52. The predicted molar refractivity (Wildman–Crippen MR) is 46.8 cm³/mol. The summed E-state index contributed by atoms with van der Waals surface area (Å²) in [5, 5.41) is 10.4. The molecule has 0 spiro atoms. The van der Waals surface area contributed by atoms with Crippen LogP contribution in [0.4, 0.5) is 20.2 Å². The van der Waals surface area contributed by atoms with Crippen LogP contribution in [0.15, 0.2) is 6.07 Å². The Morgan fingerprint density at radius 2 is 2.27 bits per heavy atom. The van der Waals surface area contributed by atoms with Gasteiger partial charge in [0.15, 0.2) is 5.69 Å². The Morgan fingerprint density at radius 1 is 1.67 bits per heavy atom. The smallest absolute Gasteiger partial charge is 0.299 e. The maximum Gasteiger partial charge on any atom is 0.299 e. The van der Waals surface area contributed by atoms with Crippen molar-refractivity contribution in [3.63, 3.8) is 0 Å². The van der Waals surface area contributed by atoms with E-state index in [4.69, 9.17) is 5.73 Å². The monoisotopic (exact) mass is 219 g/mol. The third-order valence-corrected chi connectivity index (χ3v) is 1.62. The fourth-order valence-electron chi connectivity index (χ4n) is 0.985. The summed E-state index contributed by atoms with van der Waals surface area (Å²) in [6.07, 6.45) is -3.06. The van der Waals surface area contributed by atoms with Crippen LogP contribution in [0.3, 0.4) is 0 Å². The molecule has 0 bridgehead atoms. The van der Waals surface area contributed by atoms with Crippen LogP contribution in [0.5, 0.6) is 5.88 Å². The van der Waals surface area contributed by atoms with E-state index in [0.29, 0.717) is 0 Å². The Bertz CT molecular complexity index is 397. The van der Waals surface area contributed by atoms with Gasteiger partial charge < -0.3 is 10.5 Å². The molecule has 82 valence electrons. The van der Waals surface area contributed by atoms with Crippen LogP contribution in [-0.2, 0) is 0 Å². The molecular weight excluding hydrogens is 212 g/mol. The third kappa shape index (κ3) is 2.09. The molecule has 0 saturated carbocycles. The van der Waals surface area contributed by atoms with Gasteiger partial charge in [0.2, 0.25) is 5.88 Å². The lowest BCUT2D eigenvalue weighted by Gasteiger charge is -2.06. The van der Waals surface area contributed by atoms with E-state index in [1.807, 2.05) is 0 Å². The van der Waals surface area contributed by atoms with Crippen molar-refractivity contribution in [3.05, 3.63) is 21.9 Å². The molecule has 1 rings (SSSR count). The van der Waals surface area contributed by atoms with Gasteiger partial charge in [-0.3, -0.25) is 10.1 Å². The number of aromatic nitrogens is 1. The number of pyridine rings is 1. The molecule has 0 aliphatic rings. The van der Waals surface area contributed by atoms with E-state index in [-0.39, 0.29) is 11.6 Å². The van der Waals surface area contributed by atoms with Crippen LogP contribution in [0.25, 0.3) is 0 Å². The van der Waals surface area contributed by atoms with Gasteiger partial charge in [0.05, 0.1) is 12.0 Å². The lowest BCUT2D eigenvalue weighted by molar-refractivity contribution is -0.386. The molecule has 0 atom stereocenters. The first-order chi connectivity index (χ1) is 6.97. The van der Waals surface area contributed by atoms with Crippen LogP contribution < -0.4 is 10.5 Å². The van der Waals surface area contributed by atoms with Crippen molar-refractivity contribution in [2.75, 3.05) is 12.8 Å². The van der Waals surface area contributed by atoms with E-state index in [0.717, 1.165) is 6.07 Å². The van der Waals surface area contributed by atoms with Crippen molar-refractivity contribution in [3.8, 4) is 5.88 Å². The lowest BCUT2D eigenvalue weighted by atomic mass is 10.3. The average molecular weight is 219 g/mol. The molecule has 0 amide bonds. The fraction of sp³-hybridized carbons (Fsp3) is 0.286. The van der Waals surface area contributed by atoms with E-state index >= 15 is 0 Å². The van der Waals surface area contributed by atoms with Gasteiger partial charge in [0, 0.05) is 6.07 Å². The Morgan fingerprint density at radius 3 is 2.67 bits per heavy atom. The van der Waals surface area contributed by atoms with Crippen molar-refractivity contribution in [2.24, 2.45) is 0 Å². The van der Waals surface area contributed by atoms with Crippen LogP contribution in [0.2, 0.25) is 0 Å². The lowest BCUT2D eigenvalue weighted by Crippen LogP contribution is -2.04. The molecule has 0 aromatic carbocycles. The van der Waals surface area contributed by atoms with Gasteiger partial charge in [0.25, 0.3) is 12.1 Å². The molecule has 1 aromatic rings. The summed E-state index contributed by atoms with van der Waals surface area (Å²) in [5.74, 6) is -0.254. The third-order valence-electron chi connectivity index (χ3n) is 1.62. The van der Waals surface area contributed by atoms with Gasteiger partial charge in [-0.25, -0.2) is 13.8 Å². The second-order valence-corrected chi connectivity index (χ2v) is 2.55. The summed E-state index contributed by atoms with van der Waals surface area (Å²) >= 11 is 0. The molecule has 1 aromatic heterocycles. The van der Waals surface area contributed by atoms with E-state index in [1.165, 1.54) is 7.11 Å². The van der Waals surface area contributed by atoms with Crippen LogP contribution in [0.1, 0.15) is 12.1 Å². The number of hydrogen-bond acceptors (Lipinski definition) is 5. The Balaban J connectivity index is 3.38. The Labute approximate surface area is 82.8 Å². The van der Waals surface area contributed by atoms with E-state index in [2.05, 4.69) is 9.72 Å². The second-order valence-electron chi connectivity index (χ2n) is 2.55. The topological polar surface area (TPSA) is 91.3 Å². The molecule has 15 heavy (non-hydrogen) atoms. The standard InChI is InChI=1S/C7H7F2N3O3/c1-15-7-3(10)2-4(12(13)14)5(11-7)6(8)9/h2,6H,10H2,1H3. The number of nitrogen functional groups attached to an aromatic ring is 1. The zero-order valence-corrected chi connectivity index (χ0v) is 7.61. The maximum atomic E-state index is 12.4. The number of alkyl halides is 2. The summed E-state index contributed by atoms with van der Waals surface area (Å²) in [5.41, 5.74) is 3.37. The molecule has 2 N–H and O–H groups in total. The number of nitrogens with zero attached hydrogens (tertiary/aromatic N) is 2. The molecular formula is C7H7F2N3O3. The fourth-order valence-corrected chi connectivity index (χ4v) is 0.985. The van der Waals surface area contributed by atoms with Gasteiger partial charge in [-0.15, -0.1) is 0 Å². The molecule has 0 aliphatic carbocycles. The first kappa shape index (κ1) is 11.1. The highest BCUT2D eigenvalue weighted by atomic mass is 19.3. The first-order valence-corrected chi connectivity index (χ1v) is 3.74. The van der Waals surface area contributed by atoms with Crippen LogP contribution >= 0.6 is 0 Å². The van der Waals surface area contributed by atoms with Gasteiger partial charge in [-0.1, -0.05) is 0 Å². The van der Waals surface area contributed by atoms with E-state index in [9.17, 15) is 18.9 Å². The van der Waals surface area contributed by atoms with Crippen molar-refractivity contribution in [2.45, 2.75) is 6.43 Å². The van der Waals surface area contributed by atoms with E-state index in [1.54, 1.807) is 0 Å². The molecule has 0 aliphatic heterocycles. The highest BCUT2D eigenvalue weighted by molar-refractivity contribution is 5.56. The van der Waals surface area contributed by atoms with Crippen LogP contribution in [0, 0.1) is 10.1 Å². The number of nitro groups is 1. The quantitative estimate of drug-likeness (QED) is 0.614. The largest absolute Gasteiger partial charge is 0.480 e. The zero-order valence-electron chi connectivity index (χ0n) is 7.61. The molecule has 0 radical (unpaired) electrons. The van der Waals surface area contributed by atoms with Gasteiger partial charge in [-0.2, -0.15) is 0 Å². The number of halogens is 2. The Kier molecular flexibility index (Phi) is 2.98. The van der Waals surface area contributed by atoms with Crippen molar-refractivity contribution in [1.82, 2.24) is 4.98 Å². The number of rotatable bonds is 3. The normalized spacial score (nSPS) is 10.4. The summed E-state index contributed by atoms with van der Waals surface area (Å²) in [6, 6.07) is 0.799. The number of ether oxygens (including phenoxy) is 1. The van der Waals surface area contributed by atoms with Gasteiger partial charge in [0.1, 0.15) is 5.69 Å². The van der Waals surface area contributed by atoms with Crippen molar-refractivity contribution >= 4 is 11.4 Å². The minimum atomic E-state index is -3.06. The second kappa shape index (κ2) is 4.03. The summed E-state index contributed by atoms with van der Waals surface area (Å²) in [6.45, 7) is 0. The SMILES string of the molecule is COc1nc(C(F)F)c([N+](=O)[O-])cc1N. The van der Waals surface area contributed by atoms with E-state index < -0.39 is 22.7 Å². The summed E-state index contributed by atoms with van der Waals surface area (Å²) < 4.78 is 29.3. The highest BCUT2D eigenvalue weighted by Crippen LogP contribution is 2.32. The number of anilines is 1. The Hall–Kier alpha value is -1.99. The molecule has 0 fully saturated rings. The maximum absolute atomic E-state index is 12.4. The molecule has 8 heteroatoms. The molecule has 0 unspecified atom stereocenters. The zero-order chi connectivity index (χ0) is 11.6. The summed E-state index contributed by atoms with van der Waals surface area (Å²) in [4.78, 5) is 12.7. The molecule has 6 nitrogen and oxygen atoms in total.